The van der Waals surface area contributed by atoms with Gasteiger partial charge in [-0.15, -0.1) is 10.2 Å². The van der Waals surface area contributed by atoms with Crippen LogP contribution in [0.25, 0.3) is 17.2 Å². The van der Waals surface area contributed by atoms with E-state index < -0.39 is 32.6 Å². The molecule has 4 rings (SSSR count). The molecule has 3 heterocycles. The largest absolute Gasteiger partial charge is 0.494 e. The van der Waals surface area contributed by atoms with Gasteiger partial charge in [0, 0.05) is 12.1 Å². The number of aromatic nitrogens is 7. The molecule has 0 bridgehead atoms. The minimum atomic E-state index is -3.83. The third-order valence-electron chi connectivity index (χ3n) is 5.99. The van der Waals surface area contributed by atoms with Crippen molar-refractivity contribution in [1.82, 2.24) is 34.7 Å². The van der Waals surface area contributed by atoms with Crippen molar-refractivity contribution in [1.29, 1.82) is 0 Å². The van der Waals surface area contributed by atoms with E-state index in [-0.39, 0.29) is 17.5 Å². The lowest BCUT2D eigenvalue weighted by atomic mass is 10.1. The second kappa shape index (κ2) is 10.5. The number of para-hydroxylation sites is 1. The Balaban J connectivity index is 1.83. The first kappa shape index (κ1) is 26.1. The van der Waals surface area contributed by atoms with Crippen LogP contribution in [0.15, 0.2) is 43.0 Å². The van der Waals surface area contributed by atoms with Crippen LogP contribution in [0.3, 0.4) is 0 Å². The Morgan fingerprint density at radius 3 is 2.24 bits per heavy atom. The second-order valence-corrected chi connectivity index (χ2v) is 10.8. The number of hydrogen-bond acceptors (Lipinski definition) is 10. The van der Waals surface area contributed by atoms with Gasteiger partial charge in [0.15, 0.2) is 27.3 Å². The summed E-state index contributed by atoms with van der Waals surface area (Å²) in [6, 6.07) is 5.19. The molecule has 0 radical (unpaired) electrons. The van der Waals surface area contributed by atoms with Gasteiger partial charge >= 0.3 is 0 Å². The number of ether oxygens (including phenoxy) is 2. The summed E-state index contributed by atoms with van der Waals surface area (Å²) >= 11 is 0. The minimum absolute atomic E-state index is 0.125. The van der Waals surface area contributed by atoms with Crippen LogP contribution in [-0.4, -0.2) is 62.6 Å². The van der Waals surface area contributed by atoms with Gasteiger partial charge < -0.3 is 9.47 Å². The van der Waals surface area contributed by atoms with Crippen LogP contribution < -0.4 is 9.47 Å². The third-order valence-corrected chi connectivity index (χ3v) is 8.19. The van der Waals surface area contributed by atoms with Gasteiger partial charge in [-0.3, -0.25) is 9.55 Å². The van der Waals surface area contributed by atoms with Crippen LogP contribution in [0.5, 0.6) is 11.5 Å². The summed E-state index contributed by atoms with van der Waals surface area (Å²) < 4.78 is 53.1. The molecule has 194 valence electrons. The van der Waals surface area contributed by atoms with Crippen molar-refractivity contribution in [3.05, 3.63) is 66.1 Å². The fraction of sp³-hybridized carbons (Fsp3) is 0.333. The van der Waals surface area contributed by atoms with Crippen molar-refractivity contribution in [2.24, 2.45) is 0 Å². The van der Waals surface area contributed by atoms with E-state index in [9.17, 15) is 12.8 Å². The van der Waals surface area contributed by atoms with Crippen molar-refractivity contribution in [3.8, 4) is 28.7 Å². The van der Waals surface area contributed by atoms with Gasteiger partial charge in [0.05, 0.1) is 43.8 Å². The molecule has 4 aromatic rings. The maximum atomic E-state index is 13.6. The van der Waals surface area contributed by atoms with Gasteiger partial charge in [0.1, 0.15) is 34.5 Å². The molecule has 0 aliphatic carbocycles. The zero-order valence-corrected chi connectivity index (χ0v) is 21.8. The molecule has 0 aliphatic heterocycles. The van der Waals surface area contributed by atoms with E-state index in [0.717, 1.165) is 12.4 Å². The van der Waals surface area contributed by atoms with Gasteiger partial charge in [-0.25, -0.2) is 27.8 Å². The number of aryl methyl sites for hydroxylation is 1. The van der Waals surface area contributed by atoms with Crippen LogP contribution >= 0.6 is 0 Å². The number of halogens is 1. The first-order valence-electron chi connectivity index (χ1n) is 11.3. The lowest BCUT2D eigenvalue weighted by Crippen LogP contribution is -2.27. The van der Waals surface area contributed by atoms with Gasteiger partial charge in [-0.1, -0.05) is 13.0 Å². The number of nitrogens with zero attached hydrogens (tertiary/aromatic N) is 7. The molecule has 0 N–H and O–H groups in total. The number of methoxy groups -OCH3 is 2. The highest BCUT2D eigenvalue weighted by Crippen LogP contribution is 2.36. The van der Waals surface area contributed by atoms with Crippen LogP contribution in [0.4, 0.5) is 4.39 Å². The molecule has 0 fully saturated rings. The lowest BCUT2D eigenvalue weighted by Gasteiger charge is -2.20. The second-order valence-electron chi connectivity index (χ2n) is 8.39. The Kier molecular flexibility index (Phi) is 7.43. The summed E-state index contributed by atoms with van der Waals surface area (Å²) in [5.41, 5.74) is 1.46. The standard InChI is InChI=1S/C24H26FN7O4S/c1-14-9-26-12-18(29-14)24-31-30-21(32(24)22-19(35-4)7-6-8-20(22)36-5)13-37(33,34)16(3)15(2)23-27-10-17(25)11-28-23/h6-12,15-16H,13H2,1-5H3/t15-,16-/m0/s1. The predicted molar refractivity (Wildman–Crippen MR) is 133 cm³/mol. The maximum absolute atomic E-state index is 13.6. The first-order valence-corrected chi connectivity index (χ1v) is 13.0. The fourth-order valence-electron chi connectivity index (χ4n) is 3.82. The quantitative estimate of drug-likeness (QED) is 0.319. The number of benzene rings is 1. The van der Waals surface area contributed by atoms with E-state index >= 15 is 0 Å². The zero-order valence-electron chi connectivity index (χ0n) is 21.0. The third kappa shape index (κ3) is 5.26. The van der Waals surface area contributed by atoms with Crippen LogP contribution in [0.1, 0.15) is 37.1 Å². The Bertz CT molecular complexity index is 1490. The zero-order chi connectivity index (χ0) is 26.7. The van der Waals surface area contributed by atoms with Crippen molar-refractivity contribution in [2.45, 2.75) is 37.7 Å². The van der Waals surface area contributed by atoms with Gasteiger partial charge in [-0.05, 0) is 26.0 Å². The average Bonchev–Trinajstić information content (AvgIpc) is 3.29. The SMILES string of the molecule is COc1cccc(OC)c1-n1c(CS(=O)(=O)[C@@H](C)[C@H](C)c2ncc(F)cn2)nnc1-c1cncc(C)n1. The average molecular weight is 528 g/mol. The summed E-state index contributed by atoms with van der Waals surface area (Å²) in [5.74, 6) is -0.218. The normalized spacial score (nSPS) is 13.2. The topological polar surface area (TPSA) is 135 Å². The van der Waals surface area contributed by atoms with E-state index in [4.69, 9.17) is 9.47 Å². The van der Waals surface area contributed by atoms with E-state index in [0.29, 0.717) is 28.6 Å². The van der Waals surface area contributed by atoms with Crippen LogP contribution in [-0.2, 0) is 15.6 Å². The first-order chi connectivity index (χ1) is 17.7. The molecule has 0 saturated heterocycles. The molecule has 11 nitrogen and oxygen atoms in total. The molecule has 0 unspecified atom stereocenters. The highest BCUT2D eigenvalue weighted by atomic mass is 32.2. The molecular formula is C24H26FN7O4S. The Hall–Kier alpha value is -4.00. The van der Waals surface area contributed by atoms with Gasteiger partial charge in [0.25, 0.3) is 0 Å². The molecule has 0 spiro atoms. The Labute approximate surface area is 213 Å². The number of sulfone groups is 1. The van der Waals surface area contributed by atoms with E-state index in [1.165, 1.54) is 20.4 Å². The van der Waals surface area contributed by atoms with Crippen LogP contribution in [0, 0.1) is 12.7 Å². The monoisotopic (exact) mass is 527 g/mol. The van der Waals surface area contributed by atoms with Crippen molar-refractivity contribution >= 4 is 9.84 Å². The summed E-state index contributed by atoms with van der Waals surface area (Å²) in [5, 5.41) is 7.60. The van der Waals surface area contributed by atoms with Gasteiger partial charge in [0.2, 0.25) is 0 Å². The smallest absolute Gasteiger partial charge is 0.189 e. The minimum Gasteiger partial charge on any atom is -0.494 e. The molecule has 0 aliphatic rings. The Morgan fingerprint density at radius 1 is 1.00 bits per heavy atom. The molecule has 37 heavy (non-hydrogen) atoms. The lowest BCUT2D eigenvalue weighted by molar-refractivity contribution is 0.390. The summed E-state index contributed by atoms with van der Waals surface area (Å²) in [6.45, 7) is 5.02. The fourth-order valence-corrected chi connectivity index (χ4v) is 5.38. The summed E-state index contributed by atoms with van der Waals surface area (Å²) in [4.78, 5) is 16.6. The number of rotatable bonds is 9. The highest BCUT2D eigenvalue weighted by molar-refractivity contribution is 7.91. The molecule has 13 heteroatoms. The van der Waals surface area contributed by atoms with Crippen molar-refractivity contribution < 1.29 is 22.3 Å². The van der Waals surface area contributed by atoms with Gasteiger partial charge in [-0.2, -0.15) is 0 Å². The van der Waals surface area contributed by atoms with E-state index in [1.54, 1.807) is 49.7 Å². The summed E-state index contributed by atoms with van der Waals surface area (Å²) in [7, 11) is -0.837. The van der Waals surface area contributed by atoms with E-state index in [2.05, 4.69) is 30.1 Å². The molecule has 2 atom stereocenters. The molecular weight excluding hydrogens is 501 g/mol. The van der Waals surface area contributed by atoms with Crippen LogP contribution in [0.2, 0.25) is 0 Å². The highest BCUT2D eigenvalue weighted by Gasteiger charge is 2.33. The van der Waals surface area contributed by atoms with Crippen molar-refractivity contribution in [2.75, 3.05) is 14.2 Å². The van der Waals surface area contributed by atoms with E-state index in [1.807, 2.05) is 0 Å². The molecule has 3 aromatic heterocycles. The van der Waals surface area contributed by atoms with Crippen molar-refractivity contribution in [3.63, 3.8) is 0 Å². The molecule has 0 amide bonds. The number of hydrogen-bond donors (Lipinski definition) is 0. The Morgan fingerprint density at radius 2 is 1.65 bits per heavy atom. The maximum Gasteiger partial charge on any atom is 0.189 e. The summed E-state index contributed by atoms with van der Waals surface area (Å²) in [6.07, 6.45) is 5.14. The predicted octanol–water partition coefficient (Wildman–Crippen LogP) is 3.09. The molecule has 1 aromatic carbocycles. The molecule has 0 saturated carbocycles.